The lowest BCUT2D eigenvalue weighted by Gasteiger charge is -2.29. The summed E-state index contributed by atoms with van der Waals surface area (Å²) in [4.78, 5) is 232. The monoisotopic (exact) mass is 1790 g/mol. The molecule has 34 N–H and O–H groups in total. The number of amides is 15. The first-order chi connectivity index (χ1) is 60.6. The molecule has 0 aliphatic carbocycles. The molecule has 13 atom stereocenters. The lowest BCUT2D eigenvalue weighted by molar-refractivity contribution is -0.142. The zero-order chi connectivity index (χ0) is 95.0. The summed E-state index contributed by atoms with van der Waals surface area (Å²) in [6.07, 6.45) is 1.30. The molecule has 128 heavy (non-hydrogen) atoms. The number of phenolic OH excluding ortho intramolecular Hbond substituents is 2. The van der Waals surface area contributed by atoms with E-state index >= 15 is 4.79 Å². The Balaban J connectivity index is 1.38. The third-order valence-corrected chi connectivity index (χ3v) is 19.6. The van der Waals surface area contributed by atoms with Gasteiger partial charge in [0.1, 0.15) is 90.0 Å². The third-order valence-electron chi connectivity index (χ3n) is 19.6. The fourth-order valence-electron chi connectivity index (χ4n) is 13.0. The number of imidazole rings is 1. The van der Waals surface area contributed by atoms with Crippen LogP contribution in [-0.4, -0.2) is 277 Å². The molecular formula is C81H119N25O22. The predicted molar refractivity (Wildman–Crippen MR) is 460 cm³/mol. The maximum Gasteiger partial charge on any atom is 0.326 e. The van der Waals surface area contributed by atoms with E-state index in [-0.39, 0.29) is 87.6 Å². The van der Waals surface area contributed by atoms with Gasteiger partial charge in [0.15, 0.2) is 11.9 Å². The standard InChI is InChI=1S/C81H119N25O22/c1-40(2)25-53(70(118)102-58(31-63(83)112)67(115)92-35-65(114)95-59(79(127)128)26-41(3)4)98-76(124)61(37-108)103-69(117)52(14-10-24-90-81(86)87)97-78(126)66(42(5)6)106-74(122)55(28-44-17-21-48(111)22-18-44)100-73(121)57(30-46-34-88-39-93-46)101-68(116)51(13-9-23-89-80(84)85)96-75(123)60(36-107)105-77(125)62(38-109)104-71(119)54(27-43-15-19-47(110)20-16-43)99-72(120)56(94-64(113)32-82)29-45-33-91-50-12-8-7-11-49(45)50/h7-8,11-12,15-22,33-34,39-42,51-62,66,91,107-111H,9-10,13-14,23-32,35-38,82H2,1-6H3,(H2,83,112)(H,88,93)(H,92,115)(H,94,113)(H,95,114)(H,96,123)(H,97,126)(H,98,124)(H,99,120)(H,100,121)(H,101,116)(H,102,118)(H,103,117)(H,104,119)(H,105,125)(H,106,122)(H,127,128)(H4,84,85,89)(H4,86,87,90)/t51-,52-,53-,54-,55-,56-,57-,58-,59-,60-,61-,62-,66-/m0/s1. The Bertz CT molecular complexity index is 4630. The van der Waals surface area contributed by atoms with Crippen molar-refractivity contribution in [3.05, 3.63) is 114 Å². The minimum absolute atomic E-state index is 0.0260. The van der Waals surface area contributed by atoms with Crippen molar-refractivity contribution < 1.29 is 107 Å². The average Bonchev–Trinajstić information content (AvgIpc) is 1.85. The highest BCUT2D eigenvalue weighted by Crippen LogP contribution is 2.21. The van der Waals surface area contributed by atoms with Gasteiger partial charge in [0.05, 0.1) is 45.7 Å². The number of aliphatic hydroxyl groups excluding tert-OH is 3. The third kappa shape index (κ3) is 35.9. The van der Waals surface area contributed by atoms with Crippen molar-refractivity contribution in [2.75, 3.05) is 46.0 Å². The molecule has 0 unspecified atom stereocenters. The van der Waals surface area contributed by atoms with E-state index in [9.17, 15) is 103 Å². The second-order valence-electron chi connectivity index (χ2n) is 31.4. The number of carbonyl (C=O) groups excluding carboxylic acids is 15. The van der Waals surface area contributed by atoms with Gasteiger partial charge in [-0.1, -0.05) is 84.0 Å². The zero-order valence-electron chi connectivity index (χ0n) is 71.6. The molecule has 5 aromatic rings. The van der Waals surface area contributed by atoms with E-state index < -0.39 is 249 Å². The minimum atomic E-state index is -1.98. The summed E-state index contributed by atoms with van der Waals surface area (Å²) in [5, 5.41) is 117. The Morgan fingerprint density at radius 2 is 0.812 bits per heavy atom. The van der Waals surface area contributed by atoms with Crippen LogP contribution >= 0.6 is 0 Å². The van der Waals surface area contributed by atoms with Gasteiger partial charge < -0.3 is 149 Å². The number of para-hydroxylation sites is 1. The number of guanidine groups is 2. The van der Waals surface area contributed by atoms with Crippen LogP contribution in [0.5, 0.6) is 11.5 Å². The fourth-order valence-corrected chi connectivity index (χ4v) is 13.0. The van der Waals surface area contributed by atoms with Gasteiger partial charge in [-0.2, -0.15) is 0 Å². The van der Waals surface area contributed by atoms with E-state index in [1.54, 1.807) is 58.2 Å². The van der Waals surface area contributed by atoms with E-state index in [1.165, 1.54) is 74.9 Å². The number of nitrogens with two attached hydrogens (primary N) is 4. The number of nitrogens with one attached hydrogen (secondary N) is 20. The number of aromatic hydroxyl groups is 2. The lowest BCUT2D eigenvalue weighted by Crippen LogP contribution is -2.62. The number of aliphatic hydroxyl groups is 3. The topological polar surface area (TPSA) is 783 Å². The number of phenols is 2. The number of hydrogen-bond acceptors (Lipinski definition) is 25. The normalized spacial score (nSPS) is 14.2. The molecule has 2 aromatic heterocycles. The number of aliphatic carboxylic acids is 1. The number of hydrogen-bond donors (Lipinski definition) is 30. The quantitative estimate of drug-likeness (QED) is 0.00977. The Morgan fingerprint density at radius 1 is 0.422 bits per heavy atom. The van der Waals surface area contributed by atoms with Gasteiger partial charge in [-0.15, -0.1) is 0 Å². The minimum Gasteiger partial charge on any atom is -0.508 e. The van der Waals surface area contributed by atoms with E-state index in [0.29, 0.717) is 16.7 Å². The van der Waals surface area contributed by atoms with Crippen LogP contribution < -0.4 is 108 Å². The summed E-state index contributed by atoms with van der Waals surface area (Å²) in [6, 6.07) is -3.77. The molecule has 5 rings (SSSR count). The number of H-pyrrole nitrogens is 2. The molecule has 47 heteroatoms. The second kappa shape index (κ2) is 52.6. The van der Waals surface area contributed by atoms with Crippen LogP contribution in [0.4, 0.5) is 0 Å². The molecule has 0 fully saturated rings. The maximum absolute atomic E-state index is 15.0. The molecule has 3 aromatic carbocycles. The van der Waals surface area contributed by atoms with Crippen LogP contribution in [0.25, 0.3) is 10.9 Å². The van der Waals surface area contributed by atoms with Gasteiger partial charge in [0, 0.05) is 67.8 Å². The van der Waals surface area contributed by atoms with Crippen molar-refractivity contribution in [1.29, 1.82) is 10.8 Å². The molecule has 700 valence electrons. The first kappa shape index (κ1) is 104. The smallest absolute Gasteiger partial charge is 0.326 e. The number of carboxylic acids is 1. The molecule has 0 saturated heterocycles. The Morgan fingerprint density at radius 3 is 1.24 bits per heavy atom. The molecule has 15 amide bonds. The molecule has 0 radical (unpaired) electrons. The Hall–Kier alpha value is -14.1. The highest BCUT2D eigenvalue weighted by atomic mass is 16.4. The average molecular weight is 1790 g/mol. The van der Waals surface area contributed by atoms with E-state index in [2.05, 4.69) is 100 Å². The van der Waals surface area contributed by atoms with Crippen LogP contribution in [0.15, 0.2) is 91.5 Å². The molecule has 0 bridgehead atoms. The highest BCUT2D eigenvalue weighted by Gasteiger charge is 2.39. The van der Waals surface area contributed by atoms with Gasteiger partial charge in [0.25, 0.3) is 0 Å². The number of primary amides is 1. The van der Waals surface area contributed by atoms with Crippen molar-refractivity contribution in [2.45, 2.75) is 191 Å². The van der Waals surface area contributed by atoms with Crippen molar-refractivity contribution in [2.24, 2.45) is 40.7 Å². The summed E-state index contributed by atoms with van der Waals surface area (Å²) in [5.41, 5.74) is 24.3. The van der Waals surface area contributed by atoms with E-state index in [0.717, 1.165) is 10.9 Å². The van der Waals surface area contributed by atoms with E-state index in [1.807, 2.05) is 0 Å². The Labute approximate surface area is 735 Å². The summed E-state index contributed by atoms with van der Waals surface area (Å²) in [5.74, 6) is -20.1. The molecule has 0 spiro atoms. The number of aromatic amines is 2. The van der Waals surface area contributed by atoms with Gasteiger partial charge >= 0.3 is 5.97 Å². The molecule has 47 nitrogen and oxygen atoms in total. The van der Waals surface area contributed by atoms with E-state index in [4.69, 9.17) is 33.8 Å². The van der Waals surface area contributed by atoms with Crippen LogP contribution in [0.3, 0.4) is 0 Å². The van der Waals surface area contributed by atoms with Crippen LogP contribution in [0, 0.1) is 28.6 Å². The molecule has 0 saturated carbocycles. The zero-order valence-corrected chi connectivity index (χ0v) is 71.6. The summed E-state index contributed by atoms with van der Waals surface area (Å²) in [6.45, 7) is 4.80. The predicted octanol–water partition coefficient (Wildman–Crippen LogP) is -7.84. The van der Waals surface area contributed by atoms with Gasteiger partial charge in [-0.05, 0) is 103 Å². The molecule has 0 aliphatic heterocycles. The summed E-state index contributed by atoms with van der Waals surface area (Å²) >= 11 is 0. The largest absolute Gasteiger partial charge is 0.508 e. The van der Waals surface area contributed by atoms with Crippen molar-refractivity contribution in [1.82, 2.24) is 100 Å². The number of carboxylic acid groups (broad SMARTS) is 1. The van der Waals surface area contributed by atoms with Crippen molar-refractivity contribution in [3.8, 4) is 11.5 Å². The van der Waals surface area contributed by atoms with Crippen molar-refractivity contribution in [3.63, 3.8) is 0 Å². The van der Waals surface area contributed by atoms with Crippen molar-refractivity contribution >= 4 is 117 Å². The fraction of sp³-hybridized carbons (Fsp3) is 0.494. The molecule has 0 aliphatic rings. The number of carbonyl (C=O) groups is 16. The maximum atomic E-state index is 15.0. The van der Waals surface area contributed by atoms with Gasteiger partial charge in [-0.25, -0.2) is 9.78 Å². The molecule has 2 heterocycles. The second-order valence-corrected chi connectivity index (χ2v) is 31.4. The number of rotatable bonds is 55. The van der Waals surface area contributed by atoms with Crippen LogP contribution in [-0.2, 0) is 102 Å². The summed E-state index contributed by atoms with van der Waals surface area (Å²) in [7, 11) is 0. The number of benzene rings is 3. The van der Waals surface area contributed by atoms with Gasteiger partial charge in [0.2, 0.25) is 88.6 Å². The van der Waals surface area contributed by atoms with Gasteiger partial charge in [-0.3, -0.25) is 82.7 Å². The Kier molecular flexibility index (Phi) is 43.0. The van der Waals surface area contributed by atoms with Crippen LogP contribution in [0.2, 0.25) is 0 Å². The number of aromatic nitrogens is 3. The molecular weight excluding hydrogens is 1680 g/mol. The van der Waals surface area contributed by atoms with Crippen LogP contribution in [0.1, 0.15) is 109 Å². The lowest BCUT2D eigenvalue weighted by atomic mass is 9.99. The number of fused-ring (bicyclic) bond motifs is 1. The first-order valence-electron chi connectivity index (χ1n) is 41.1. The summed E-state index contributed by atoms with van der Waals surface area (Å²) < 4.78 is 0. The number of nitrogens with zero attached hydrogens (tertiary/aromatic N) is 1. The SMILES string of the molecule is CC(C)C[C@H](NC(=O)CNC(=O)[C@H](CC(N)=O)NC(=O)[C@H](CC(C)C)NC(=O)[C@H](CO)NC(=O)[C@H](CCCNC(=N)N)NC(=O)[C@@H](NC(=O)[C@H](Cc1ccc(O)cc1)NC(=O)[C@H](Cc1cnc[nH]1)NC(=O)[C@H](CCCNC(=N)N)NC(=O)[C@H](CO)NC(=O)[C@H](CO)NC(=O)[C@H](Cc1ccc(O)cc1)NC(=O)[C@H](Cc1c[nH]c2ccccc12)NC(=O)CN)C(C)C)C(=O)O. The first-order valence-corrected chi connectivity index (χ1v) is 41.1. The highest BCUT2D eigenvalue weighted by molar-refractivity contribution is 6.01.